The van der Waals surface area contributed by atoms with E-state index in [0.717, 1.165) is 34.2 Å². The Morgan fingerprint density at radius 2 is 1.88 bits per heavy atom. The van der Waals surface area contributed by atoms with Gasteiger partial charge in [0.05, 0.1) is 18.3 Å². The molecule has 1 N–H and O–H groups in total. The standard InChI is InChI=1S/C27H25N3O2S/c1-3-31-21-12-10-19(11-13-21)23-14-15-24(32-23)26-25(22-9-4-5-16-28-22)29-27(33)30(26)20-8-6-7-18(2)17-20/h4-17,25-26H,3H2,1-2H3,(H,29,33). The Hall–Kier alpha value is -3.64. The second-order valence-electron chi connectivity index (χ2n) is 8.00. The van der Waals surface area contributed by atoms with Gasteiger partial charge < -0.3 is 19.4 Å². The zero-order valence-corrected chi connectivity index (χ0v) is 19.4. The van der Waals surface area contributed by atoms with E-state index in [0.29, 0.717) is 11.7 Å². The molecule has 1 fully saturated rings. The van der Waals surface area contributed by atoms with Crippen molar-refractivity contribution < 1.29 is 9.15 Å². The van der Waals surface area contributed by atoms with Gasteiger partial charge in [-0.05, 0) is 92.3 Å². The number of ether oxygens (including phenoxy) is 1. The normalized spacial score (nSPS) is 17.8. The second-order valence-corrected chi connectivity index (χ2v) is 8.38. The van der Waals surface area contributed by atoms with Gasteiger partial charge in [0, 0.05) is 17.4 Å². The Morgan fingerprint density at radius 3 is 2.61 bits per heavy atom. The van der Waals surface area contributed by atoms with Gasteiger partial charge in [0.15, 0.2) is 5.11 Å². The summed E-state index contributed by atoms with van der Waals surface area (Å²) in [6.45, 7) is 4.70. The van der Waals surface area contributed by atoms with Crippen LogP contribution in [0.3, 0.4) is 0 Å². The molecule has 2 aromatic carbocycles. The third-order valence-corrected chi connectivity index (χ3v) is 6.06. The molecule has 3 heterocycles. The molecular formula is C27H25N3O2S. The molecule has 2 aromatic heterocycles. The molecule has 166 valence electrons. The molecule has 5 rings (SSSR count). The maximum Gasteiger partial charge on any atom is 0.174 e. The maximum absolute atomic E-state index is 6.43. The number of nitrogens with zero attached hydrogens (tertiary/aromatic N) is 2. The first-order valence-corrected chi connectivity index (χ1v) is 11.4. The van der Waals surface area contributed by atoms with Gasteiger partial charge in [-0.25, -0.2) is 0 Å². The van der Waals surface area contributed by atoms with Crippen molar-refractivity contribution in [3.63, 3.8) is 0 Å². The summed E-state index contributed by atoms with van der Waals surface area (Å²) in [5.41, 5.74) is 4.11. The number of hydrogen-bond acceptors (Lipinski definition) is 4. The van der Waals surface area contributed by atoms with Gasteiger partial charge in [0.2, 0.25) is 0 Å². The van der Waals surface area contributed by atoms with E-state index in [9.17, 15) is 0 Å². The van der Waals surface area contributed by atoms with E-state index in [2.05, 4.69) is 40.3 Å². The summed E-state index contributed by atoms with van der Waals surface area (Å²) in [6.07, 6.45) is 1.81. The highest BCUT2D eigenvalue weighted by molar-refractivity contribution is 7.80. The zero-order valence-electron chi connectivity index (χ0n) is 18.6. The van der Waals surface area contributed by atoms with Crippen LogP contribution in [0.4, 0.5) is 5.69 Å². The minimum atomic E-state index is -0.175. The number of anilines is 1. The summed E-state index contributed by atoms with van der Waals surface area (Å²) in [5.74, 6) is 2.47. The molecule has 0 amide bonds. The largest absolute Gasteiger partial charge is 0.494 e. The van der Waals surface area contributed by atoms with E-state index in [-0.39, 0.29) is 12.1 Å². The van der Waals surface area contributed by atoms with Crippen LogP contribution in [0.15, 0.2) is 89.5 Å². The predicted octanol–water partition coefficient (Wildman–Crippen LogP) is 6.23. The molecule has 5 nitrogen and oxygen atoms in total. The van der Waals surface area contributed by atoms with Gasteiger partial charge in [0.1, 0.15) is 23.3 Å². The molecule has 0 bridgehead atoms. The van der Waals surface area contributed by atoms with Crippen molar-refractivity contribution in [3.05, 3.63) is 102 Å². The van der Waals surface area contributed by atoms with E-state index in [1.807, 2.05) is 67.6 Å². The molecule has 0 spiro atoms. The van der Waals surface area contributed by atoms with Crippen molar-refractivity contribution in [3.8, 4) is 17.1 Å². The number of hydrogen-bond donors (Lipinski definition) is 1. The topological polar surface area (TPSA) is 50.5 Å². The first kappa shape index (κ1) is 21.2. The summed E-state index contributed by atoms with van der Waals surface area (Å²) in [6, 6.07) is 25.9. The number of thiocarbonyl (C=S) groups is 1. The van der Waals surface area contributed by atoms with Crippen LogP contribution in [-0.2, 0) is 0 Å². The summed E-state index contributed by atoms with van der Waals surface area (Å²) in [5, 5.41) is 4.13. The van der Waals surface area contributed by atoms with Crippen LogP contribution < -0.4 is 15.0 Å². The van der Waals surface area contributed by atoms with E-state index >= 15 is 0 Å². The number of aryl methyl sites for hydroxylation is 1. The van der Waals surface area contributed by atoms with Gasteiger partial charge in [-0.1, -0.05) is 18.2 Å². The summed E-state index contributed by atoms with van der Waals surface area (Å²) < 4.78 is 12.0. The molecule has 1 aliphatic rings. The number of furan rings is 1. The Bertz CT molecular complexity index is 1250. The predicted molar refractivity (Wildman–Crippen MR) is 134 cm³/mol. The molecule has 0 saturated carbocycles. The van der Waals surface area contributed by atoms with Crippen LogP contribution in [-0.4, -0.2) is 16.7 Å². The Balaban J connectivity index is 1.55. The fourth-order valence-electron chi connectivity index (χ4n) is 4.25. The number of aromatic nitrogens is 1. The highest BCUT2D eigenvalue weighted by Gasteiger charge is 2.42. The van der Waals surface area contributed by atoms with Gasteiger partial charge in [-0.2, -0.15) is 0 Å². The Kier molecular flexibility index (Phi) is 5.84. The van der Waals surface area contributed by atoms with Crippen LogP contribution in [0.2, 0.25) is 0 Å². The highest BCUT2D eigenvalue weighted by Crippen LogP contribution is 2.43. The lowest BCUT2D eigenvalue weighted by Gasteiger charge is -2.26. The van der Waals surface area contributed by atoms with E-state index in [1.54, 1.807) is 6.20 Å². The van der Waals surface area contributed by atoms with Crippen molar-refractivity contribution >= 4 is 23.0 Å². The lowest BCUT2D eigenvalue weighted by molar-refractivity contribution is 0.340. The fourth-order valence-corrected chi connectivity index (χ4v) is 4.59. The molecule has 0 aliphatic carbocycles. The molecule has 0 radical (unpaired) electrons. The monoisotopic (exact) mass is 455 g/mol. The fraction of sp³-hybridized carbons (Fsp3) is 0.185. The van der Waals surface area contributed by atoms with Crippen molar-refractivity contribution in [1.82, 2.24) is 10.3 Å². The molecule has 1 aliphatic heterocycles. The molecule has 4 aromatic rings. The van der Waals surface area contributed by atoms with Crippen LogP contribution in [0.1, 0.15) is 36.0 Å². The number of pyridine rings is 1. The third kappa shape index (κ3) is 4.22. The van der Waals surface area contributed by atoms with Crippen LogP contribution >= 0.6 is 12.2 Å². The summed E-state index contributed by atoms with van der Waals surface area (Å²) >= 11 is 5.79. The van der Waals surface area contributed by atoms with Crippen molar-refractivity contribution in [2.24, 2.45) is 0 Å². The molecule has 1 saturated heterocycles. The van der Waals surface area contributed by atoms with Gasteiger partial charge >= 0.3 is 0 Å². The quantitative estimate of drug-likeness (QED) is 0.348. The highest BCUT2D eigenvalue weighted by atomic mass is 32.1. The first-order chi connectivity index (χ1) is 16.1. The molecule has 6 heteroatoms. The number of rotatable bonds is 6. The maximum atomic E-state index is 6.43. The molecule has 2 atom stereocenters. The smallest absolute Gasteiger partial charge is 0.174 e. The van der Waals surface area contributed by atoms with Crippen molar-refractivity contribution in [2.75, 3.05) is 11.5 Å². The van der Waals surface area contributed by atoms with Crippen LogP contribution in [0.5, 0.6) is 5.75 Å². The van der Waals surface area contributed by atoms with Crippen molar-refractivity contribution in [2.45, 2.75) is 25.9 Å². The lowest BCUT2D eigenvalue weighted by atomic mass is 10.0. The molecule has 2 unspecified atom stereocenters. The summed E-state index contributed by atoms with van der Waals surface area (Å²) in [7, 11) is 0. The lowest BCUT2D eigenvalue weighted by Crippen LogP contribution is -2.29. The number of benzene rings is 2. The van der Waals surface area contributed by atoms with Crippen LogP contribution in [0.25, 0.3) is 11.3 Å². The van der Waals surface area contributed by atoms with Gasteiger partial charge in [-0.15, -0.1) is 0 Å². The van der Waals surface area contributed by atoms with E-state index < -0.39 is 0 Å². The van der Waals surface area contributed by atoms with E-state index in [1.165, 1.54) is 5.56 Å². The average Bonchev–Trinajstić information content (AvgIpc) is 3.45. The SMILES string of the molecule is CCOc1ccc(-c2ccc(C3C(c4ccccn4)NC(=S)N3c3cccc(C)c3)o2)cc1. The molecule has 33 heavy (non-hydrogen) atoms. The summed E-state index contributed by atoms with van der Waals surface area (Å²) in [4.78, 5) is 6.73. The number of nitrogens with one attached hydrogen (secondary N) is 1. The Labute approximate surface area is 199 Å². The molecular weight excluding hydrogens is 430 g/mol. The minimum absolute atomic E-state index is 0.140. The average molecular weight is 456 g/mol. The van der Waals surface area contributed by atoms with Gasteiger partial charge in [0.25, 0.3) is 0 Å². The zero-order chi connectivity index (χ0) is 22.8. The van der Waals surface area contributed by atoms with Crippen LogP contribution in [0, 0.1) is 6.92 Å². The van der Waals surface area contributed by atoms with Crippen molar-refractivity contribution in [1.29, 1.82) is 0 Å². The van der Waals surface area contributed by atoms with Gasteiger partial charge in [-0.3, -0.25) is 4.98 Å². The third-order valence-electron chi connectivity index (χ3n) is 5.75. The first-order valence-electron chi connectivity index (χ1n) is 11.0. The van der Waals surface area contributed by atoms with E-state index in [4.69, 9.17) is 21.4 Å². The Morgan fingerprint density at radius 1 is 1.03 bits per heavy atom. The minimum Gasteiger partial charge on any atom is -0.494 e. The second kappa shape index (κ2) is 9.08.